The predicted molar refractivity (Wildman–Crippen MR) is 67.5 cm³/mol. The van der Waals surface area contributed by atoms with Gasteiger partial charge in [-0.2, -0.15) is 5.10 Å². The molecule has 1 aromatic rings. The SMILES string of the molecule is CC(NCc1ncn(C)n1)C1CCCN(C)C1. The first-order valence-electron chi connectivity index (χ1n) is 6.41. The molecule has 2 heterocycles. The van der Waals surface area contributed by atoms with Crippen LogP contribution >= 0.6 is 0 Å². The zero-order valence-corrected chi connectivity index (χ0v) is 11.1. The second-order valence-electron chi connectivity index (χ2n) is 5.17. The third kappa shape index (κ3) is 3.51. The highest BCUT2D eigenvalue weighted by Crippen LogP contribution is 2.18. The Morgan fingerprint density at radius 3 is 3.00 bits per heavy atom. The summed E-state index contributed by atoms with van der Waals surface area (Å²) in [6.07, 6.45) is 4.39. The number of piperidine rings is 1. The van der Waals surface area contributed by atoms with Gasteiger partial charge < -0.3 is 10.2 Å². The van der Waals surface area contributed by atoms with Crippen molar-refractivity contribution in [1.29, 1.82) is 0 Å². The summed E-state index contributed by atoms with van der Waals surface area (Å²) in [6, 6.07) is 0.529. The van der Waals surface area contributed by atoms with Crippen molar-refractivity contribution in [3.8, 4) is 0 Å². The Kier molecular flexibility index (Phi) is 4.12. The number of aromatic nitrogens is 3. The molecule has 0 amide bonds. The molecule has 0 spiro atoms. The normalized spacial score (nSPS) is 23.8. The number of nitrogens with one attached hydrogen (secondary N) is 1. The van der Waals surface area contributed by atoms with Crippen LogP contribution in [0.4, 0.5) is 0 Å². The maximum absolute atomic E-state index is 4.28. The maximum Gasteiger partial charge on any atom is 0.164 e. The van der Waals surface area contributed by atoms with E-state index in [2.05, 4.69) is 34.3 Å². The van der Waals surface area contributed by atoms with Crippen molar-refractivity contribution in [2.45, 2.75) is 32.4 Å². The predicted octanol–water partition coefficient (Wildman–Crippen LogP) is 0.635. The van der Waals surface area contributed by atoms with Crippen LogP contribution in [0.2, 0.25) is 0 Å². The van der Waals surface area contributed by atoms with Crippen LogP contribution in [0.1, 0.15) is 25.6 Å². The second kappa shape index (κ2) is 5.60. The minimum Gasteiger partial charge on any atom is -0.307 e. The first-order valence-corrected chi connectivity index (χ1v) is 6.41. The molecule has 0 bridgehead atoms. The van der Waals surface area contributed by atoms with Gasteiger partial charge in [0.15, 0.2) is 5.82 Å². The monoisotopic (exact) mass is 237 g/mol. The second-order valence-corrected chi connectivity index (χ2v) is 5.17. The molecule has 96 valence electrons. The Balaban J connectivity index is 1.78. The molecule has 1 aliphatic rings. The Morgan fingerprint density at radius 2 is 2.35 bits per heavy atom. The van der Waals surface area contributed by atoms with E-state index in [1.54, 1.807) is 11.0 Å². The largest absolute Gasteiger partial charge is 0.307 e. The van der Waals surface area contributed by atoms with E-state index >= 15 is 0 Å². The lowest BCUT2D eigenvalue weighted by Crippen LogP contribution is -2.42. The van der Waals surface area contributed by atoms with Gasteiger partial charge in [-0.05, 0) is 39.3 Å². The lowest BCUT2D eigenvalue weighted by molar-refractivity contribution is 0.178. The Hall–Kier alpha value is -0.940. The summed E-state index contributed by atoms with van der Waals surface area (Å²) in [5.74, 6) is 1.63. The Labute approximate surface area is 103 Å². The highest BCUT2D eigenvalue weighted by Gasteiger charge is 2.22. The summed E-state index contributed by atoms with van der Waals surface area (Å²) in [5, 5.41) is 7.81. The molecule has 1 fully saturated rings. The van der Waals surface area contributed by atoms with Crippen LogP contribution < -0.4 is 5.32 Å². The fraction of sp³-hybridized carbons (Fsp3) is 0.833. The van der Waals surface area contributed by atoms with Crippen LogP contribution in [-0.2, 0) is 13.6 Å². The van der Waals surface area contributed by atoms with Crippen molar-refractivity contribution in [2.75, 3.05) is 20.1 Å². The summed E-state index contributed by atoms with van der Waals surface area (Å²) < 4.78 is 1.75. The lowest BCUT2D eigenvalue weighted by Gasteiger charge is -2.33. The van der Waals surface area contributed by atoms with Gasteiger partial charge in [0.1, 0.15) is 6.33 Å². The van der Waals surface area contributed by atoms with E-state index in [4.69, 9.17) is 0 Å². The van der Waals surface area contributed by atoms with Gasteiger partial charge in [-0.1, -0.05) is 0 Å². The zero-order chi connectivity index (χ0) is 12.3. The molecule has 0 aliphatic carbocycles. The Morgan fingerprint density at radius 1 is 1.53 bits per heavy atom. The van der Waals surface area contributed by atoms with Gasteiger partial charge in [0.25, 0.3) is 0 Å². The molecule has 5 heteroatoms. The molecular weight excluding hydrogens is 214 g/mol. The molecule has 1 N–H and O–H groups in total. The van der Waals surface area contributed by atoms with E-state index in [1.807, 2.05) is 7.05 Å². The van der Waals surface area contributed by atoms with Gasteiger partial charge in [-0.3, -0.25) is 4.68 Å². The van der Waals surface area contributed by atoms with Crippen LogP contribution in [0.3, 0.4) is 0 Å². The molecule has 0 aromatic carbocycles. The summed E-state index contributed by atoms with van der Waals surface area (Å²) in [6.45, 7) is 5.48. The quantitative estimate of drug-likeness (QED) is 0.834. The van der Waals surface area contributed by atoms with Crippen molar-refractivity contribution in [2.24, 2.45) is 13.0 Å². The van der Waals surface area contributed by atoms with E-state index in [0.29, 0.717) is 6.04 Å². The fourth-order valence-corrected chi connectivity index (χ4v) is 2.50. The van der Waals surface area contributed by atoms with Gasteiger partial charge in [0.2, 0.25) is 0 Å². The Bertz CT molecular complexity index is 348. The number of likely N-dealkylation sites (tertiary alicyclic amines) is 1. The number of aryl methyl sites for hydroxylation is 1. The molecular formula is C12H23N5. The van der Waals surface area contributed by atoms with Crippen molar-refractivity contribution in [1.82, 2.24) is 25.0 Å². The molecule has 0 saturated carbocycles. The highest BCUT2D eigenvalue weighted by molar-refractivity contribution is 4.84. The van der Waals surface area contributed by atoms with Crippen molar-refractivity contribution in [3.63, 3.8) is 0 Å². The minimum atomic E-state index is 0.529. The average Bonchev–Trinajstić information content (AvgIpc) is 2.72. The summed E-state index contributed by atoms with van der Waals surface area (Å²) in [5.41, 5.74) is 0. The maximum atomic E-state index is 4.28. The number of nitrogens with zero attached hydrogens (tertiary/aromatic N) is 4. The molecule has 1 aromatic heterocycles. The van der Waals surface area contributed by atoms with Gasteiger partial charge in [-0.15, -0.1) is 0 Å². The molecule has 1 aliphatic heterocycles. The molecule has 0 radical (unpaired) electrons. The number of hydrogen-bond acceptors (Lipinski definition) is 4. The lowest BCUT2D eigenvalue weighted by atomic mass is 9.92. The first kappa shape index (κ1) is 12.5. The molecule has 2 rings (SSSR count). The van der Waals surface area contributed by atoms with E-state index in [0.717, 1.165) is 18.3 Å². The third-order valence-electron chi connectivity index (χ3n) is 3.60. The molecule has 5 nitrogen and oxygen atoms in total. The van der Waals surface area contributed by atoms with E-state index in [1.165, 1.54) is 25.9 Å². The summed E-state index contributed by atoms with van der Waals surface area (Å²) in [4.78, 5) is 6.65. The van der Waals surface area contributed by atoms with Gasteiger partial charge >= 0.3 is 0 Å². The van der Waals surface area contributed by atoms with E-state index < -0.39 is 0 Å². The van der Waals surface area contributed by atoms with Crippen LogP contribution in [0.15, 0.2) is 6.33 Å². The summed E-state index contributed by atoms with van der Waals surface area (Å²) >= 11 is 0. The van der Waals surface area contributed by atoms with Gasteiger partial charge in [0.05, 0.1) is 6.54 Å². The van der Waals surface area contributed by atoms with Crippen LogP contribution in [0.25, 0.3) is 0 Å². The van der Waals surface area contributed by atoms with Crippen LogP contribution in [0, 0.1) is 5.92 Å². The standard InChI is InChI=1S/C12H23N5/c1-10(11-5-4-6-16(2)8-11)13-7-12-14-9-17(3)15-12/h9-11,13H,4-8H2,1-3H3. The smallest absolute Gasteiger partial charge is 0.164 e. The molecule has 17 heavy (non-hydrogen) atoms. The van der Waals surface area contributed by atoms with Crippen molar-refractivity contribution < 1.29 is 0 Å². The van der Waals surface area contributed by atoms with Crippen LogP contribution in [0.5, 0.6) is 0 Å². The molecule has 2 atom stereocenters. The summed E-state index contributed by atoms with van der Waals surface area (Å²) in [7, 11) is 4.11. The zero-order valence-electron chi connectivity index (χ0n) is 11.1. The fourth-order valence-electron chi connectivity index (χ4n) is 2.50. The first-order chi connectivity index (χ1) is 8.15. The molecule has 2 unspecified atom stereocenters. The minimum absolute atomic E-state index is 0.529. The van der Waals surface area contributed by atoms with Gasteiger partial charge in [-0.25, -0.2) is 4.98 Å². The van der Waals surface area contributed by atoms with Crippen LogP contribution in [-0.4, -0.2) is 45.8 Å². The average molecular weight is 237 g/mol. The van der Waals surface area contributed by atoms with Gasteiger partial charge in [0, 0.05) is 19.6 Å². The van der Waals surface area contributed by atoms with E-state index in [-0.39, 0.29) is 0 Å². The topological polar surface area (TPSA) is 46.0 Å². The number of hydrogen-bond donors (Lipinski definition) is 1. The van der Waals surface area contributed by atoms with Crippen molar-refractivity contribution >= 4 is 0 Å². The highest BCUT2D eigenvalue weighted by atomic mass is 15.3. The van der Waals surface area contributed by atoms with Crippen molar-refractivity contribution in [3.05, 3.63) is 12.2 Å². The third-order valence-corrected chi connectivity index (χ3v) is 3.60. The van der Waals surface area contributed by atoms with E-state index in [9.17, 15) is 0 Å². The molecule has 1 saturated heterocycles. The number of rotatable bonds is 4.